The standard InChI is InChI=1S/C16H32N2/c1-2-14-8-10-18(16(12-14)13-17)11-9-15-6-4-3-5-7-15/h14-16H,2-13,17H2,1H3. The van der Waals surface area contributed by atoms with Gasteiger partial charge in [-0.3, -0.25) is 4.90 Å². The Labute approximate surface area is 113 Å². The fraction of sp³-hybridized carbons (Fsp3) is 1.00. The van der Waals surface area contributed by atoms with Crippen LogP contribution in [0, 0.1) is 11.8 Å². The molecule has 0 aromatic rings. The van der Waals surface area contributed by atoms with E-state index >= 15 is 0 Å². The van der Waals surface area contributed by atoms with Crippen molar-refractivity contribution in [2.75, 3.05) is 19.6 Å². The molecule has 1 aliphatic carbocycles. The van der Waals surface area contributed by atoms with E-state index in [2.05, 4.69) is 11.8 Å². The molecule has 2 heteroatoms. The Bertz CT molecular complexity index is 223. The molecule has 2 nitrogen and oxygen atoms in total. The molecule has 0 radical (unpaired) electrons. The first kappa shape index (κ1) is 14.3. The van der Waals surface area contributed by atoms with Crippen molar-refractivity contribution < 1.29 is 0 Å². The van der Waals surface area contributed by atoms with Gasteiger partial charge in [0.2, 0.25) is 0 Å². The van der Waals surface area contributed by atoms with Crippen LogP contribution in [0.15, 0.2) is 0 Å². The second kappa shape index (κ2) is 7.49. The summed E-state index contributed by atoms with van der Waals surface area (Å²) in [5.74, 6) is 1.95. The average molecular weight is 252 g/mol. The summed E-state index contributed by atoms with van der Waals surface area (Å²) in [6.07, 6.45) is 12.9. The fourth-order valence-electron chi connectivity index (χ4n) is 3.92. The van der Waals surface area contributed by atoms with Crippen molar-refractivity contribution in [1.82, 2.24) is 4.90 Å². The summed E-state index contributed by atoms with van der Waals surface area (Å²) in [6, 6.07) is 0.673. The molecule has 0 bridgehead atoms. The molecule has 2 N–H and O–H groups in total. The van der Waals surface area contributed by atoms with Gasteiger partial charge in [-0.1, -0.05) is 45.4 Å². The van der Waals surface area contributed by atoms with E-state index in [1.54, 1.807) is 0 Å². The number of nitrogens with zero attached hydrogens (tertiary/aromatic N) is 1. The lowest BCUT2D eigenvalue weighted by Gasteiger charge is -2.39. The van der Waals surface area contributed by atoms with Gasteiger partial charge >= 0.3 is 0 Å². The molecule has 2 rings (SSSR count). The highest BCUT2D eigenvalue weighted by atomic mass is 15.2. The van der Waals surface area contributed by atoms with Gasteiger partial charge in [0.15, 0.2) is 0 Å². The van der Waals surface area contributed by atoms with Crippen LogP contribution in [0.2, 0.25) is 0 Å². The zero-order chi connectivity index (χ0) is 12.8. The average Bonchev–Trinajstić information content (AvgIpc) is 2.46. The van der Waals surface area contributed by atoms with Crippen LogP contribution in [0.1, 0.15) is 64.7 Å². The van der Waals surface area contributed by atoms with Gasteiger partial charge in [0.25, 0.3) is 0 Å². The minimum absolute atomic E-state index is 0.673. The molecular formula is C16H32N2. The highest BCUT2D eigenvalue weighted by Crippen LogP contribution is 2.29. The zero-order valence-electron chi connectivity index (χ0n) is 12.2. The van der Waals surface area contributed by atoms with Gasteiger partial charge in [0, 0.05) is 12.6 Å². The molecule has 1 heterocycles. The minimum Gasteiger partial charge on any atom is -0.329 e. The lowest BCUT2D eigenvalue weighted by molar-refractivity contribution is 0.104. The van der Waals surface area contributed by atoms with Crippen LogP contribution in [0.4, 0.5) is 0 Å². The summed E-state index contributed by atoms with van der Waals surface area (Å²) in [6.45, 7) is 5.80. The quantitative estimate of drug-likeness (QED) is 0.812. The first-order valence-electron chi connectivity index (χ1n) is 8.27. The van der Waals surface area contributed by atoms with E-state index in [0.29, 0.717) is 6.04 Å². The third kappa shape index (κ3) is 3.96. The Morgan fingerprint density at radius 2 is 1.83 bits per heavy atom. The van der Waals surface area contributed by atoms with Crippen LogP contribution in [0.5, 0.6) is 0 Å². The van der Waals surface area contributed by atoms with E-state index in [9.17, 15) is 0 Å². The Morgan fingerprint density at radius 1 is 1.06 bits per heavy atom. The van der Waals surface area contributed by atoms with Gasteiger partial charge in [0.05, 0.1) is 0 Å². The monoisotopic (exact) mass is 252 g/mol. The summed E-state index contributed by atoms with van der Waals surface area (Å²) in [7, 11) is 0. The molecule has 0 amide bonds. The maximum absolute atomic E-state index is 5.98. The second-order valence-corrected chi connectivity index (χ2v) is 6.52. The Hall–Kier alpha value is -0.0800. The van der Waals surface area contributed by atoms with Crippen LogP contribution < -0.4 is 5.73 Å². The van der Waals surface area contributed by atoms with Crippen LogP contribution in [0.3, 0.4) is 0 Å². The van der Waals surface area contributed by atoms with Crippen LogP contribution in [0.25, 0.3) is 0 Å². The maximum Gasteiger partial charge on any atom is 0.0221 e. The highest BCUT2D eigenvalue weighted by Gasteiger charge is 2.27. The van der Waals surface area contributed by atoms with E-state index in [1.165, 1.54) is 70.9 Å². The number of hydrogen-bond acceptors (Lipinski definition) is 2. The molecule has 18 heavy (non-hydrogen) atoms. The van der Waals surface area contributed by atoms with Crippen LogP contribution >= 0.6 is 0 Å². The molecule has 2 atom stereocenters. The largest absolute Gasteiger partial charge is 0.329 e. The van der Waals surface area contributed by atoms with E-state index in [-0.39, 0.29) is 0 Å². The van der Waals surface area contributed by atoms with Crippen LogP contribution in [-0.2, 0) is 0 Å². The van der Waals surface area contributed by atoms with Crippen LogP contribution in [-0.4, -0.2) is 30.6 Å². The molecule has 1 aliphatic heterocycles. The second-order valence-electron chi connectivity index (χ2n) is 6.52. The number of piperidine rings is 1. The molecule has 1 saturated carbocycles. The molecule has 1 saturated heterocycles. The maximum atomic E-state index is 5.98. The predicted octanol–water partition coefficient (Wildman–Crippen LogP) is 3.41. The molecule has 2 fully saturated rings. The lowest BCUT2D eigenvalue weighted by Crippen LogP contribution is -2.47. The van der Waals surface area contributed by atoms with Crippen molar-refractivity contribution in [1.29, 1.82) is 0 Å². The number of likely N-dealkylation sites (tertiary alicyclic amines) is 1. The van der Waals surface area contributed by atoms with Gasteiger partial charge in [-0.2, -0.15) is 0 Å². The van der Waals surface area contributed by atoms with E-state index < -0.39 is 0 Å². The molecule has 0 aromatic carbocycles. The normalized spacial score (nSPS) is 31.7. The summed E-state index contributed by atoms with van der Waals surface area (Å²) in [5, 5.41) is 0. The number of hydrogen-bond donors (Lipinski definition) is 1. The van der Waals surface area contributed by atoms with Crippen molar-refractivity contribution in [3.63, 3.8) is 0 Å². The number of rotatable bonds is 5. The lowest BCUT2D eigenvalue weighted by atomic mass is 9.85. The predicted molar refractivity (Wildman–Crippen MR) is 78.6 cm³/mol. The van der Waals surface area contributed by atoms with E-state index in [4.69, 9.17) is 5.73 Å². The van der Waals surface area contributed by atoms with Crippen molar-refractivity contribution in [2.24, 2.45) is 17.6 Å². The van der Waals surface area contributed by atoms with Gasteiger partial charge in [-0.15, -0.1) is 0 Å². The Morgan fingerprint density at radius 3 is 2.50 bits per heavy atom. The Kier molecular flexibility index (Phi) is 5.97. The molecule has 0 aromatic heterocycles. The number of nitrogens with two attached hydrogens (primary N) is 1. The van der Waals surface area contributed by atoms with Crippen molar-refractivity contribution >= 4 is 0 Å². The summed E-state index contributed by atoms with van der Waals surface area (Å²) in [5.41, 5.74) is 5.98. The third-order valence-corrected chi connectivity index (χ3v) is 5.35. The molecular weight excluding hydrogens is 220 g/mol. The fourth-order valence-corrected chi connectivity index (χ4v) is 3.92. The molecule has 2 aliphatic rings. The van der Waals surface area contributed by atoms with Gasteiger partial charge < -0.3 is 5.73 Å². The molecule has 2 unspecified atom stereocenters. The van der Waals surface area contributed by atoms with E-state index in [0.717, 1.165) is 18.4 Å². The SMILES string of the molecule is CCC1CCN(CCC2CCCCC2)C(CN)C1. The molecule has 0 spiro atoms. The van der Waals surface area contributed by atoms with Crippen molar-refractivity contribution in [2.45, 2.75) is 70.8 Å². The minimum atomic E-state index is 0.673. The third-order valence-electron chi connectivity index (χ3n) is 5.35. The highest BCUT2D eigenvalue weighted by molar-refractivity contribution is 4.82. The van der Waals surface area contributed by atoms with Gasteiger partial charge in [-0.05, 0) is 44.2 Å². The smallest absolute Gasteiger partial charge is 0.0221 e. The van der Waals surface area contributed by atoms with Gasteiger partial charge in [0.1, 0.15) is 0 Å². The van der Waals surface area contributed by atoms with Gasteiger partial charge in [-0.25, -0.2) is 0 Å². The zero-order valence-corrected chi connectivity index (χ0v) is 12.2. The summed E-state index contributed by atoms with van der Waals surface area (Å²) >= 11 is 0. The summed E-state index contributed by atoms with van der Waals surface area (Å²) < 4.78 is 0. The Balaban J connectivity index is 1.73. The van der Waals surface area contributed by atoms with Crippen molar-refractivity contribution in [3.8, 4) is 0 Å². The van der Waals surface area contributed by atoms with E-state index in [1.807, 2.05) is 0 Å². The first-order valence-corrected chi connectivity index (χ1v) is 8.27. The van der Waals surface area contributed by atoms with Crippen molar-refractivity contribution in [3.05, 3.63) is 0 Å². The topological polar surface area (TPSA) is 29.3 Å². The first-order chi connectivity index (χ1) is 8.83. The molecule has 106 valence electrons. The summed E-state index contributed by atoms with van der Waals surface area (Å²) in [4.78, 5) is 2.70.